The van der Waals surface area contributed by atoms with Gasteiger partial charge in [-0.25, -0.2) is 0 Å². The highest BCUT2D eigenvalue weighted by molar-refractivity contribution is 5.79. The molecule has 1 aromatic rings. The van der Waals surface area contributed by atoms with Gasteiger partial charge < -0.3 is 15.2 Å². The molecule has 0 unspecified atom stereocenters. The molecule has 0 aromatic carbocycles. The average molecular weight is 252 g/mol. The summed E-state index contributed by atoms with van der Waals surface area (Å²) < 4.78 is 5.25. The van der Waals surface area contributed by atoms with E-state index in [0.29, 0.717) is 18.4 Å². The molecule has 0 aliphatic rings. The van der Waals surface area contributed by atoms with E-state index in [2.05, 4.69) is 48.5 Å². The van der Waals surface area contributed by atoms with Crippen molar-refractivity contribution in [2.24, 2.45) is 10.9 Å². The number of aliphatic imine (C=N–C) groups is 1. The van der Waals surface area contributed by atoms with Crippen molar-refractivity contribution in [3.05, 3.63) is 17.5 Å². The van der Waals surface area contributed by atoms with E-state index in [-0.39, 0.29) is 0 Å². The molecule has 1 heterocycles. The van der Waals surface area contributed by atoms with Crippen molar-refractivity contribution in [1.82, 2.24) is 15.8 Å². The Balaban J connectivity index is 2.42. The maximum Gasteiger partial charge on any atom is 0.191 e. The second kappa shape index (κ2) is 7.03. The largest absolute Gasteiger partial charge is 0.359 e. The summed E-state index contributed by atoms with van der Waals surface area (Å²) >= 11 is 0. The van der Waals surface area contributed by atoms with Gasteiger partial charge in [-0.2, -0.15) is 0 Å². The molecule has 102 valence electrons. The van der Waals surface area contributed by atoms with Crippen molar-refractivity contribution >= 4 is 5.96 Å². The SMILES string of the molecule is CN=C(NCc1cc(C(C)C)no1)NCC(C)C. The highest BCUT2D eigenvalue weighted by Gasteiger charge is 2.08. The minimum atomic E-state index is 0.390. The van der Waals surface area contributed by atoms with Gasteiger partial charge in [0, 0.05) is 19.7 Å². The van der Waals surface area contributed by atoms with Crippen LogP contribution < -0.4 is 10.6 Å². The van der Waals surface area contributed by atoms with E-state index in [1.54, 1.807) is 7.05 Å². The molecule has 0 aliphatic carbocycles. The summed E-state index contributed by atoms with van der Waals surface area (Å²) in [5, 5.41) is 10.5. The molecule has 1 aromatic heterocycles. The number of nitrogens with zero attached hydrogens (tertiary/aromatic N) is 2. The molecule has 0 radical (unpaired) electrons. The van der Waals surface area contributed by atoms with E-state index in [0.717, 1.165) is 24.0 Å². The Morgan fingerprint density at radius 2 is 2.06 bits per heavy atom. The van der Waals surface area contributed by atoms with Crippen molar-refractivity contribution in [1.29, 1.82) is 0 Å². The molecule has 5 nitrogen and oxygen atoms in total. The first-order valence-corrected chi connectivity index (χ1v) is 6.43. The second-order valence-corrected chi connectivity index (χ2v) is 5.07. The van der Waals surface area contributed by atoms with Gasteiger partial charge in [0.05, 0.1) is 12.2 Å². The van der Waals surface area contributed by atoms with Gasteiger partial charge in [0.25, 0.3) is 0 Å². The average Bonchev–Trinajstić information content (AvgIpc) is 2.78. The molecule has 0 saturated heterocycles. The summed E-state index contributed by atoms with van der Waals surface area (Å²) in [6.07, 6.45) is 0. The maximum absolute atomic E-state index is 5.25. The van der Waals surface area contributed by atoms with E-state index in [9.17, 15) is 0 Å². The Bertz CT molecular complexity index is 382. The van der Waals surface area contributed by atoms with Gasteiger partial charge >= 0.3 is 0 Å². The van der Waals surface area contributed by atoms with Crippen LogP contribution in [0.5, 0.6) is 0 Å². The molecule has 5 heteroatoms. The lowest BCUT2D eigenvalue weighted by atomic mass is 10.1. The van der Waals surface area contributed by atoms with Crippen LogP contribution >= 0.6 is 0 Å². The Morgan fingerprint density at radius 1 is 1.33 bits per heavy atom. The molecule has 0 aliphatic heterocycles. The van der Waals surface area contributed by atoms with E-state index in [1.807, 2.05) is 6.07 Å². The van der Waals surface area contributed by atoms with Gasteiger partial charge in [0.15, 0.2) is 11.7 Å². The Labute approximate surface area is 109 Å². The van der Waals surface area contributed by atoms with Crippen molar-refractivity contribution in [3.8, 4) is 0 Å². The molecule has 0 spiro atoms. The van der Waals surface area contributed by atoms with Gasteiger partial charge in [0.1, 0.15) is 0 Å². The van der Waals surface area contributed by atoms with Crippen LogP contribution in [-0.4, -0.2) is 24.7 Å². The van der Waals surface area contributed by atoms with Crippen LogP contribution in [0.3, 0.4) is 0 Å². The zero-order chi connectivity index (χ0) is 13.5. The van der Waals surface area contributed by atoms with Crippen LogP contribution in [0.2, 0.25) is 0 Å². The van der Waals surface area contributed by atoms with E-state index < -0.39 is 0 Å². The summed E-state index contributed by atoms with van der Waals surface area (Å²) in [5.41, 5.74) is 0.983. The highest BCUT2D eigenvalue weighted by Crippen LogP contribution is 2.13. The van der Waals surface area contributed by atoms with Gasteiger partial charge in [-0.05, 0) is 11.8 Å². The molecule has 18 heavy (non-hydrogen) atoms. The van der Waals surface area contributed by atoms with Crippen LogP contribution in [0.4, 0.5) is 0 Å². The van der Waals surface area contributed by atoms with Crippen LogP contribution in [-0.2, 0) is 6.54 Å². The number of aromatic nitrogens is 1. The van der Waals surface area contributed by atoms with Crippen molar-refractivity contribution < 1.29 is 4.52 Å². The molecule has 0 saturated carbocycles. The number of rotatable bonds is 5. The zero-order valence-corrected chi connectivity index (χ0v) is 11.9. The Hall–Kier alpha value is -1.52. The maximum atomic E-state index is 5.25. The summed E-state index contributed by atoms with van der Waals surface area (Å²) in [5.74, 6) is 2.58. The fourth-order valence-electron chi connectivity index (χ4n) is 1.38. The van der Waals surface area contributed by atoms with E-state index in [1.165, 1.54) is 0 Å². The number of guanidine groups is 1. The monoisotopic (exact) mass is 252 g/mol. The third-order valence-corrected chi connectivity index (χ3v) is 2.50. The molecule has 0 bridgehead atoms. The molecular weight excluding hydrogens is 228 g/mol. The zero-order valence-electron chi connectivity index (χ0n) is 11.9. The third-order valence-electron chi connectivity index (χ3n) is 2.50. The minimum Gasteiger partial charge on any atom is -0.359 e. The van der Waals surface area contributed by atoms with Crippen LogP contribution in [0, 0.1) is 5.92 Å². The molecule has 0 amide bonds. The third kappa shape index (κ3) is 4.77. The molecule has 0 fully saturated rings. The summed E-state index contributed by atoms with van der Waals surface area (Å²) in [6.45, 7) is 10.00. The molecular formula is C13H24N4O. The normalized spacial score (nSPS) is 12.3. The Kier molecular flexibility index (Phi) is 5.68. The summed E-state index contributed by atoms with van der Waals surface area (Å²) in [4.78, 5) is 4.15. The lowest BCUT2D eigenvalue weighted by Crippen LogP contribution is -2.38. The topological polar surface area (TPSA) is 62.5 Å². The lowest BCUT2D eigenvalue weighted by molar-refractivity contribution is 0.372. The molecule has 1 rings (SSSR count). The van der Waals surface area contributed by atoms with Gasteiger partial charge in [-0.15, -0.1) is 0 Å². The minimum absolute atomic E-state index is 0.390. The van der Waals surface area contributed by atoms with Crippen LogP contribution in [0.25, 0.3) is 0 Å². The predicted molar refractivity (Wildman–Crippen MR) is 73.6 cm³/mol. The predicted octanol–water partition coefficient (Wildman–Crippen LogP) is 2.12. The first-order valence-electron chi connectivity index (χ1n) is 6.43. The van der Waals surface area contributed by atoms with Gasteiger partial charge in [-0.3, -0.25) is 4.99 Å². The Morgan fingerprint density at radius 3 is 2.56 bits per heavy atom. The van der Waals surface area contributed by atoms with Crippen molar-refractivity contribution in [2.45, 2.75) is 40.2 Å². The fraction of sp³-hybridized carbons (Fsp3) is 0.692. The summed E-state index contributed by atoms with van der Waals surface area (Å²) in [6, 6.07) is 1.98. The van der Waals surface area contributed by atoms with E-state index >= 15 is 0 Å². The number of hydrogen-bond acceptors (Lipinski definition) is 3. The fourth-order valence-corrected chi connectivity index (χ4v) is 1.38. The van der Waals surface area contributed by atoms with Gasteiger partial charge in [0.2, 0.25) is 0 Å². The second-order valence-electron chi connectivity index (χ2n) is 5.07. The highest BCUT2D eigenvalue weighted by atomic mass is 16.5. The first-order chi connectivity index (χ1) is 8.52. The van der Waals surface area contributed by atoms with Crippen molar-refractivity contribution in [3.63, 3.8) is 0 Å². The quantitative estimate of drug-likeness (QED) is 0.622. The van der Waals surface area contributed by atoms with Gasteiger partial charge in [-0.1, -0.05) is 32.9 Å². The van der Waals surface area contributed by atoms with Crippen LogP contribution in [0.15, 0.2) is 15.6 Å². The number of hydrogen-bond donors (Lipinski definition) is 2. The standard InChI is InChI=1S/C13H24N4O/c1-9(2)7-15-13(14-5)16-8-11-6-12(10(3)4)17-18-11/h6,9-10H,7-8H2,1-5H3,(H2,14,15,16). The molecule has 2 N–H and O–H groups in total. The first kappa shape index (κ1) is 14.5. The van der Waals surface area contributed by atoms with Crippen molar-refractivity contribution in [2.75, 3.05) is 13.6 Å². The van der Waals surface area contributed by atoms with E-state index in [4.69, 9.17) is 4.52 Å². The summed E-state index contributed by atoms with van der Waals surface area (Å²) in [7, 11) is 1.76. The van der Waals surface area contributed by atoms with Crippen LogP contribution in [0.1, 0.15) is 45.1 Å². The lowest BCUT2D eigenvalue weighted by Gasteiger charge is -2.12. The smallest absolute Gasteiger partial charge is 0.191 e. The molecule has 0 atom stereocenters. The number of nitrogens with one attached hydrogen (secondary N) is 2.